The zero-order chi connectivity index (χ0) is 17.0. The van der Waals surface area contributed by atoms with E-state index < -0.39 is 5.60 Å². The fraction of sp³-hybridized carbons (Fsp3) is 0.722. The molecule has 1 fully saturated rings. The molecule has 1 N–H and O–H groups in total. The van der Waals surface area contributed by atoms with Crippen molar-refractivity contribution < 1.29 is 9.53 Å². The highest BCUT2D eigenvalue weighted by Gasteiger charge is 2.33. The number of likely N-dealkylation sites (tertiary alicyclic amines) is 1. The second-order valence-electron chi connectivity index (χ2n) is 7.51. The topological polar surface area (TPSA) is 41.6 Å². The van der Waals surface area contributed by atoms with Crippen LogP contribution in [0.25, 0.3) is 0 Å². The highest BCUT2D eigenvalue weighted by Crippen LogP contribution is 2.25. The maximum atomic E-state index is 12.3. The van der Waals surface area contributed by atoms with Gasteiger partial charge >= 0.3 is 6.09 Å². The molecule has 3 atom stereocenters. The van der Waals surface area contributed by atoms with Gasteiger partial charge in [-0.2, -0.15) is 0 Å². The first-order valence-corrected chi connectivity index (χ1v) is 9.43. The Morgan fingerprint density at radius 2 is 2.22 bits per heavy atom. The molecule has 4 nitrogen and oxygen atoms in total. The molecular weight excluding hydrogens is 308 g/mol. The largest absolute Gasteiger partial charge is 0.444 e. The van der Waals surface area contributed by atoms with Crippen LogP contribution >= 0.6 is 11.3 Å². The van der Waals surface area contributed by atoms with Gasteiger partial charge in [-0.15, -0.1) is 11.3 Å². The van der Waals surface area contributed by atoms with Crippen LogP contribution in [0.5, 0.6) is 0 Å². The molecule has 0 radical (unpaired) electrons. The summed E-state index contributed by atoms with van der Waals surface area (Å²) < 4.78 is 5.54. The van der Waals surface area contributed by atoms with Crippen LogP contribution in [0.4, 0.5) is 4.79 Å². The Morgan fingerprint density at radius 1 is 1.48 bits per heavy atom. The number of hydrogen-bond donors (Lipinski definition) is 1. The van der Waals surface area contributed by atoms with Crippen molar-refractivity contribution in [2.45, 2.75) is 77.6 Å². The molecule has 1 amide bonds. The summed E-state index contributed by atoms with van der Waals surface area (Å²) in [6, 6.07) is 5.24. The molecule has 5 heteroatoms. The number of thiophene rings is 1. The highest BCUT2D eigenvalue weighted by atomic mass is 32.1. The maximum absolute atomic E-state index is 12.3. The summed E-state index contributed by atoms with van der Waals surface area (Å²) in [6.07, 6.45) is 2.93. The lowest BCUT2D eigenvalue weighted by molar-refractivity contribution is 0.0214. The van der Waals surface area contributed by atoms with Gasteiger partial charge in [0.05, 0.1) is 0 Å². The summed E-state index contributed by atoms with van der Waals surface area (Å²) in [6.45, 7) is 11.0. The summed E-state index contributed by atoms with van der Waals surface area (Å²) >= 11 is 1.78. The molecule has 1 aliphatic rings. The molecule has 2 heterocycles. The minimum absolute atomic E-state index is 0.168. The fourth-order valence-electron chi connectivity index (χ4n) is 3.16. The van der Waals surface area contributed by atoms with Crippen molar-refractivity contribution in [3.05, 3.63) is 22.4 Å². The van der Waals surface area contributed by atoms with E-state index in [1.165, 1.54) is 4.88 Å². The van der Waals surface area contributed by atoms with Crippen molar-refractivity contribution in [2.24, 2.45) is 0 Å². The number of carbonyl (C=O) groups is 1. The van der Waals surface area contributed by atoms with Crippen LogP contribution in [0.2, 0.25) is 0 Å². The van der Waals surface area contributed by atoms with Crippen molar-refractivity contribution in [2.75, 3.05) is 6.54 Å². The van der Waals surface area contributed by atoms with E-state index in [0.29, 0.717) is 12.1 Å². The number of rotatable bonds is 5. The summed E-state index contributed by atoms with van der Waals surface area (Å²) in [5.74, 6) is 0. The van der Waals surface area contributed by atoms with Gasteiger partial charge in [-0.25, -0.2) is 4.79 Å². The van der Waals surface area contributed by atoms with E-state index in [9.17, 15) is 4.79 Å². The Morgan fingerprint density at radius 3 is 2.83 bits per heavy atom. The third-order valence-corrected chi connectivity index (χ3v) is 5.19. The lowest BCUT2D eigenvalue weighted by Gasteiger charge is -2.30. The van der Waals surface area contributed by atoms with Gasteiger partial charge in [0.15, 0.2) is 0 Å². The van der Waals surface area contributed by atoms with Gasteiger partial charge in [0.2, 0.25) is 0 Å². The van der Waals surface area contributed by atoms with Gasteiger partial charge in [-0.3, -0.25) is 0 Å². The van der Waals surface area contributed by atoms with Crippen molar-refractivity contribution in [3.8, 4) is 0 Å². The molecule has 0 spiro atoms. The lowest BCUT2D eigenvalue weighted by Crippen LogP contribution is -2.42. The van der Waals surface area contributed by atoms with E-state index in [1.807, 2.05) is 25.7 Å². The van der Waals surface area contributed by atoms with E-state index in [1.54, 1.807) is 11.3 Å². The van der Waals surface area contributed by atoms with Crippen molar-refractivity contribution >= 4 is 17.4 Å². The molecule has 0 aromatic carbocycles. The van der Waals surface area contributed by atoms with Crippen LogP contribution in [0.15, 0.2) is 17.5 Å². The first kappa shape index (κ1) is 18.3. The van der Waals surface area contributed by atoms with Crippen molar-refractivity contribution in [1.82, 2.24) is 10.2 Å². The molecule has 1 aliphatic heterocycles. The monoisotopic (exact) mass is 338 g/mol. The summed E-state index contributed by atoms with van der Waals surface area (Å²) in [4.78, 5) is 15.6. The molecule has 1 aromatic heterocycles. The molecule has 0 aliphatic carbocycles. The van der Waals surface area contributed by atoms with Gasteiger partial charge in [0.25, 0.3) is 0 Å². The smallest absolute Gasteiger partial charge is 0.410 e. The standard InChI is InChI=1S/C18H30N2O2S/c1-13(19-14(2)16-9-7-11-23-16)12-15-8-6-10-20(15)17(21)22-18(3,4)5/h7,9,11,13-15,19H,6,8,10,12H2,1-5H3. The first-order valence-electron chi connectivity index (χ1n) is 8.55. The number of amides is 1. The van der Waals surface area contributed by atoms with Crippen molar-refractivity contribution in [3.63, 3.8) is 0 Å². The first-order chi connectivity index (χ1) is 10.8. The van der Waals surface area contributed by atoms with Gasteiger partial charge in [0.1, 0.15) is 5.60 Å². The van der Waals surface area contributed by atoms with Crippen LogP contribution in [0, 0.1) is 0 Å². The Kier molecular flexibility index (Phi) is 6.09. The minimum atomic E-state index is -0.429. The fourth-order valence-corrected chi connectivity index (χ4v) is 3.91. The third-order valence-electron chi connectivity index (χ3n) is 4.14. The molecule has 0 saturated carbocycles. The van der Waals surface area contributed by atoms with E-state index >= 15 is 0 Å². The number of nitrogens with one attached hydrogen (secondary N) is 1. The van der Waals surface area contributed by atoms with E-state index in [2.05, 4.69) is 36.7 Å². The number of nitrogens with zero attached hydrogens (tertiary/aromatic N) is 1. The van der Waals surface area contributed by atoms with Crippen molar-refractivity contribution in [1.29, 1.82) is 0 Å². The number of hydrogen-bond acceptors (Lipinski definition) is 4. The second-order valence-corrected chi connectivity index (χ2v) is 8.49. The van der Waals surface area contributed by atoms with Gasteiger partial charge in [-0.1, -0.05) is 6.07 Å². The molecule has 3 unspecified atom stereocenters. The van der Waals surface area contributed by atoms with Crippen LogP contribution < -0.4 is 5.32 Å². The molecule has 23 heavy (non-hydrogen) atoms. The number of carbonyl (C=O) groups excluding carboxylic acids is 1. The zero-order valence-corrected chi connectivity index (χ0v) is 15.8. The summed E-state index contributed by atoms with van der Waals surface area (Å²) in [5.41, 5.74) is -0.429. The molecule has 1 aromatic rings. The van der Waals surface area contributed by atoms with Crippen LogP contribution in [0.3, 0.4) is 0 Å². The zero-order valence-electron chi connectivity index (χ0n) is 15.0. The average Bonchev–Trinajstić information content (AvgIpc) is 3.06. The molecule has 130 valence electrons. The third kappa shape index (κ3) is 5.50. The summed E-state index contributed by atoms with van der Waals surface area (Å²) in [5, 5.41) is 5.76. The normalized spacial score (nSPS) is 21.3. The van der Waals surface area contributed by atoms with Gasteiger partial charge < -0.3 is 15.0 Å². The summed E-state index contributed by atoms with van der Waals surface area (Å²) in [7, 11) is 0. The molecular formula is C18H30N2O2S. The SMILES string of the molecule is CC(CC1CCCN1C(=O)OC(C)(C)C)NC(C)c1cccs1. The second kappa shape index (κ2) is 7.67. The van der Waals surface area contributed by atoms with E-state index in [4.69, 9.17) is 4.74 Å². The molecule has 1 saturated heterocycles. The van der Waals surface area contributed by atoms with Gasteiger partial charge in [-0.05, 0) is 65.3 Å². The van der Waals surface area contributed by atoms with E-state index in [0.717, 1.165) is 25.8 Å². The minimum Gasteiger partial charge on any atom is -0.444 e. The Balaban J connectivity index is 1.86. The van der Waals surface area contributed by atoms with Crippen LogP contribution in [-0.4, -0.2) is 35.2 Å². The highest BCUT2D eigenvalue weighted by molar-refractivity contribution is 7.10. The molecule has 2 rings (SSSR count). The average molecular weight is 339 g/mol. The Labute approximate surface area is 144 Å². The Hall–Kier alpha value is -1.07. The number of ether oxygens (including phenoxy) is 1. The predicted molar refractivity (Wildman–Crippen MR) is 95.9 cm³/mol. The molecule has 0 bridgehead atoms. The maximum Gasteiger partial charge on any atom is 0.410 e. The Bertz CT molecular complexity index is 496. The lowest BCUT2D eigenvalue weighted by atomic mass is 10.1. The predicted octanol–water partition coefficient (Wildman–Crippen LogP) is 4.58. The quantitative estimate of drug-likeness (QED) is 0.854. The van der Waals surface area contributed by atoms with Crippen LogP contribution in [0.1, 0.15) is 64.8 Å². The van der Waals surface area contributed by atoms with E-state index in [-0.39, 0.29) is 12.1 Å². The van der Waals surface area contributed by atoms with Gasteiger partial charge in [0, 0.05) is 29.5 Å². The van der Waals surface area contributed by atoms with Crippen LogP contribution in [-0.2, 0) is 4.74 Å².